The molecule has 0 saturated heterocycles. The summed E-state index contributed by atoms with van der Waals surface area (Å²) in [7, 11) is 1.87. The number of rotatable bonds is 6. The van der Waals surface area contributed by atoms with E-state index in [1.54, 1.807) is 0 Å². The van der Waals surface area contributed by atoms with Gasteiger partial charge in [0, 0.05) is 26.6 Å². The summed E-state index contributed by atoms with van der Waals surface area (Å²) in [5.74, 6) is 0.0556. The van der Waals surface area contributed by atoms with Gasteiger partial charge in [0.1, 0.15) is 0 Å². The van der Waals surface area contributed by atoms with Crippen molar-refractivity contribution in [2.45, 2.75) is 38.3 Å². The fourth-order valence-corrected chi connectivity index (χ4v) is 3.60. The molecule has 1 atom stereocenters. The Balaban J connectivity index is 1.43. The number of amides is 3. The van der Waals surface area contributed by atoms with Crippen molar-refractivity contribution in [3.63, 3.8) is 0 Å². The van der Waals surface area contributed by atoms with Crippen molar-refractivity contribution in [3.8, 4) is 0 Å². The van der Waals surface area contributed by atoms with E-state index in [9.17, 15) is 9.59 Å². The van der Waals surface area contributed by atoms with Crippen LogP contribution in [0.2, 0.25) is 0 Å². The fourth-order valence-electron chi connectivity index (χ4n) is 3.60. The quantitative estimate of drug-likeness (QED) is 0.824. The van der Waals surface area contributed by atoms with Crippen LogP contribution in [0.15, 0.2) is 54.6 Å². The predicted octanol–water partition coefficient (Wildman–Crippen LogP) is 3.41. The normalized spacial score (nSPS) is 15.5. The van der Waals surface area contributed by atoms with Gasteiger partial charge < -0.3 is 15.5 Å². The molecule has 1 aliphatic rings. The molecule has 5 heteroatoms. The van der Waals surface area contributed by atoms with E-state index in [1.807, 2.05) is 48.3 Å². The molecule has 1 aliphatic carbocycles. The van der Waals surface area contributed by atoms with Crippen molar-refractivity contribution in [2.75, 3.05) is 13.6 Å². The maximum Gasteiger partial charge on any atom is 0.315 e. The Morgan fingerprint density at radius 2 is 1.78 bits per heavy atom. The van der Waals surface area contributed by atoms with Crippen LogP contribution in [0.4, 0.5) is 4.79 Å². The monoisotopic (exact) mass is 365 g/mol. The Hall–Kier alpha value is -2.82. The van der Waals surface area contributed by atoms with Crippen LogP contribution in [0.3, 0.4) is 0 Å². The van der Waals surface area contributed by atoms with Crippen molar-refractivity contribution in [1.82, 2.24) is 15.5 Å². The molecule has 5 nitrogen and oxygen atoms in total. The van der Waals surface area contributed by atoms with E-state index >= 15 is 0 Å². The lowest BCUT2D eigenvalue weighted by atomic mass is 9.87. The molecule has 0 aromatic heterocycles. The van der Waals surface area contributed by atoms with Crippen molar-refractivity contribution >= 4 is 11.9 Å². The first-order chi connectivity index (χ1) is 13.1. The predicted molar refractivity (Wildman–Crippen MR) is 106 cm³/mol. The highest BCUT2D eigenvalue weighted by molar-refractivity contribution is 5.78. The van der Waals surface area contributed by atoms with Crippen LogP contribution in [-0.2, 0) is 17.8 Å². The number of carbonyl (C=O) groups excluding carboxylic acids is 2. The summed E-state index contributed by atoms with van der Waals surface area (Å²) in [5.41, 5.74) is 3.64. The van der Waals surface area contributed by atoms with Crippen LogP contribution in [0.25, 0.3) is 0 Å². The highest BCUT2D eigenvalue weighted by Crippen LogP contribution is 2.33. The molecule has 0 bridgehead atoms. The van der Waals surface area contributed by atoms with Gasteiger partial charge in [-0.05, 0) is 36.0 Å². The second-order valence-electron chi connectivity index (χ2n) is 6.96. The lowest BCUT2D eigenvalue weighted by molar-refractivity contribution is -0.132. The van der Waals surface area contributed by atoms with Crippen LogP contribution in [0.1, 0.15) is 42.0 Å². The molecule has 0 radical (unpaired) electrons. The minimum Gasteiger partial charge on any atom is -0.339 e. The summed E-state index contributed by atoms with van der Waals surface area (Å²) in [4.78, 5) is 26.3. The summed E-state index contributed by atoms with van der Waals surface area (Å²) in [6.45, 7) is 0.803. The first-order valence-corrected chi connectivity index (χ1v) is 9.54. The van der Waals surface area contributed by atoms with Gasteiger partial charge in [-0.15, -0.1) is 0 Å². The van der Waals surface area contributed by atoms with Gasteiger partial charge in [0.15, 0.2) is 0 Å². The molecule has 142 valence electrons. The molecule has 2 aromatic rings. The zero-order valence-corrected chi connectivity index (χ0v) is 15.8. The number of nitrogens with one attached hydrogen (secondary N) is 2. The van der Waals surface area contributed by atoms with Gasteiger partial charge in [-0.3, -0.25) is 4.79 Å². The summed E-state index contributed by atoms with van der Waals surface area (Å²) in [6, 6.07) is 18.0. The van der Waals surface area contributed by atoms with Crippen molar-refractivity contribution in [2.24, 2.45) is 0 Å². The van der Waals surface area contributed by atoms with Crippen LogP contribution < -0.4 is 10.6 Å². The largest absolute Gasteiger partial charge is 0.339 e. The van der Waals surface area contributed by atoms with E-state index in [-0.39, 0.29) is 18.0 Å². The standard InChI is InChI=1S/C22H27N3O2/c1-25(20-13-7-11-18-10-5-6-12-19(18)20)21(26)14-15-23-22(27)24-16-17-8-3-2-4-9-17/h2-6,8-10,12,20H,7,11,13-16H2,1H3,(H2,23,24,27)/t20-/m1/s1. The van der Waals surface area contributed by atoms with E-state index in [2.05, 4.69) is 28.8 Å². The molecule has 0 heterocycles. The maximum atomic E-state index is 12.6. The molecule has 0 saturated carbocycles. The number of carbonyl (C=O) groups is 2. The van der Waals surface area contributed by atoms with E-state index in [0.717, 1.165) is 24.8 Å². The number of benzene rings is 2. The number of hydrogen-bond acceptors (Lipinski definition) is 2. The molecule has 2 aromatic carbocycles. The van der Waals surface area contributed by atoms with E-state index in [1.165, 1.54) is 11.1 Å². The third-order valence-electron chi connectivity index (χ3n) is 5.12. The Morgan fingerprint density at radius 3 is 2.59 bits per heavy atom. The molecule has 2 N–H and O–H groups in total. The third kappa shape index (κ3) is 5.09. The Bertz CT molecular complexity index is 776. The van der Waals surface area contributed by atoms with E-state index in [4.69, 9.17) is 0 Å². The van der Waals surface area contributed by atoms with Gasteiger partial charge in [-0.2, -0.15) is 0 Å². The second-order valence-corrected chi connectivity index (χ2v) is 6.96. The highest BCUT2D eigenvalue weighted by atomic mass is 16.2. The Labute approximate surface area is 160 Å². The molecule has 27 heavy (non-hydrogen) atoms. The molecule has 0 unspecified atom stereocenters. The third-order valence-corrected chi connectivity index (χ3v) is 5.12. The minimum absolute atomic E-state index is 0.0556. The molecule has 0 fully saturated rings. The van der Waals surface area contributed by atoms with E-state index in [0.29, 0.717) is 19.5 Å². The number of urea groups is 1. The van der Waals surface area contributed by atoms with Crippen molar-refractivity contribution in [1.29, 1.82) is 0 Å². The summed E-state index contributed by atoms with van der Waals surface area (Å²) in [5, 5.41) is 5.57. The van der Waals surface area contributed by atoms with Crippen LogP contribution in [-0.4, -0.2) is 30.4 Å². The maximum absolute atomic E-state index is 12.6. The number of nitrogens with zero attached hydrogens (tertiary/aromatic N) is 1. The van der Waals surface area contributed by atoms with Gasteiger partial charge in [0.25, 0.3) is 0 Å². The average Bonchev–Trinajstić information content (AvgIpc) is 2.72. The number of fused-ring (bicyclic) bond motifs is 1. The van der Waals surface area contributed by atoms with Crippen LogP contribution in [0.5, 0.6) is 0 Å². The first kappa shape index (κ1) is 19.0. The Kier molecular flexibility index (Phi) is 6.47. The average molecular weight is 365 g/mol. The van der Waals surface area contributed by atoms with Gasteiger partial charge in [-0.25, -0.2) is 4.79 Å². The smallest absolute Gasteiger partial charge is 0.315 e. The zero-order valence-electron chi connectivity index (χ0n) is 15.8. The number of hydrogen-bond donors (Lipinski definition) is 2. The van der Waals surface area contributed by atoms with Gasteiger partial charge in [0.05, 0.1) is 6.04 Å². The molecule has 0 spiro atoms. The summed E-state index contributed by atoms with van der Waals surface area (Å²) in [6.07, 6.45) is 3.47. The topological polar surface area (TPSA) is 61.4 Å². The minimum atomic E-state index is -0.252. The van der Waals surface area contributed by atoms with Crippen LogP contribution in [0, 0.1) is 0 Å². The Morgan fingerprint density at radius 1 is 1.04 bits per heavy atom. The van der Waals surface area contributed by atoms with Crippen molar-refractivity contribution < 1.29 is 9.59 Å². The molecular formula is C22H27N3O2. The van der Waals surface area contributed by atoms with Crippen LogP contribution >= 0.6 is 0 Å². The molecule has 3 amide bonds. The van der Waals surface area contributed by atoms with Gasteiger partial charge in [-0.1, -0.05) is 54.6 Å². The molecular weight excluding hydrogens is 338 g/mol. The summed E-state index contributed by atoms with van der Waals surface area (Å²) >= 11 is 0. The number of aryl methyl sites for hydroxylation is 1. The lowest BCUT2D eigenvalue weighted by Gasteiger charge is -2.33. The van der Waals surface area contributed by atoms with Crippen molar-refractivity contribution in [3.05, 3.63) is 71.3 Å². The van der Waals surface area contributed by atoms with E-state index < -0.39 is 0 Å². The SMILES string of the molecule is CN(C(=O)CCNC(=O)NCc1ccccc1)[C@@H]1CCCc2ccccc21. The summed E-state index contributed by atoms with van der Waals surface area (Å²) < 4.78 is 0. The molecule has 3 rings (SSSR count). The zero-order chi connectivity index (χ0) is 19.1. The molecule has 0 aliphatic heterocycles. The fraction of sp³-hybridized carbons (Fsp3) is 0.364. The lowest BCUT2D eigenvalue weighted by Crippen LogP contribution is -2.39. The highest BCUT2D eigenvalue weighted by Gasteiger charge is 2.26. The van der Waals surface area contributed by atoms with Gasteiger partial charge >= 0.3 is 6.03 Å². The van der Waals surface area contributed by atoms with Gasteiger partial charge in [0.2, 0.25) is 5.91 Å². The first-order valence-electron chi connectivity index (χ1n) is 9.54. The second kappa shape index (κ2) is 9.21.